The Hall–Kier alpha value is -1.87. The minimum atomic E-state index is 0.0351. The number of likely N-dealkylation sites (N-methyl/N-ethyl adjacent to an activating group) is 1. The highest BCUT2D eigenvalue weighted by Crippen LogP contribution is 2.21. The van der Waals surface area contributed by atoms with Crippen molar-refractivity contribution in [3.05, 3.63) is 48.0 Å². The molecule has 1 saturated heterocycles. The van der Waals surface area contributed by atoms with E-state index in [1.165, 1.54) is 10.8 Å². The summed E-state index contributed by atoms with van der Waals surface area (Å²) in [5.74, 6) is 0.149. The molecule has 0 aliphatic carbocycles. The van der Waals surface area contributed by atoms with Crippen molar-refractivity contribution in [3.63, 3.8) is 0 Å². The number of carbonyl (C=O) groups excluding carboxylic acids is 1. The van der Waals surface area contributed by atoms with E-state index in [1.54, 1.807) is 0 Å². The van der Waals surface area contributed by atoms with Crippen molar-refractivity contribution in [3.8, 4) is 0 Å². The Balaban J connectivity index is 1.74. The van der Waals surface area contributed by atoms with Gasteiger partial charge in [-0.25, -0.2) is 0 Å². The van der Waals surface area contributed by atoms with Crippen molar-refractivity contribution >= 4 is 16.7 Å². The van der Waals surface area contributed by atoms with Crippen molar-refractivity contribution in [2.24, 2.45) is 0 Å². The molecule has 2 atom stereocenters. The molecule has 1 amide bonds. The Kier molecular flexibility index (Phi) is 3.93. The Morgan fingerprint density at radius 1 is 1.24 bits per heavy atom. The molecule has 0 radical (unpaired) electrons. The van der Waals surface area contributed by atoms with Crippen LogP contribution in [-0.4, -0.2) is 30.4 Å². The molecule has 3 heteroatoms. The van der Waals surface area contributed by atoms with E-state index in [2.05, 4.69) is 47.5 Å². The molecule has 1 fully saturated rings. The lowest BCUT2D eigenvalue weighted by Gasteiger charge is -2.22. The zero-order valence-corrected chi connectivity index (χ0v) is 12.7. The van der Waals surface area contributed by atoms with Crippen molar-refractivity contribution < 1.29 is 4.79 Å². The lowest BCUT2D eigenvalue weighted by Crippen LogP contribution is -2.42. The number of likely N-dealkylation sites (tertiary alicyclic amines) is 1. The van der Waals surface area contributed by atoms with E-state index in [0.29, 0.717) is 0 Å². The summed E-state index contributed by atoms with van der Waals surface area (Å²) in [4.78, 5) is 14.5. The van der Waals surface area contributed by atoms with Gasteiger partial charge >= 0.3 is 0 Å². The van der Waals surface area contributed by atoms with Crippen LogP contribution < -0.4 is 5.32 Å². The minimum absolute atomic E-state index is 0.0351. The molecule has 2 aromatic rings. The van der Waals surface area contributed by atoms with Gasteiger partial charge in [0.1, 0.15) is 0 Å². The van der Waals surface area contributed by atoms with Gasteiger partial charge in [-0.2, -0.15) is 0 Å². The third kappa shape index (κ3) is 2.93. The second-order valence-corrected chi connectivity index (χ2v) is 5.98. The van der Waals surface area contributed by atoms with Crippen LogP contribution in [0.5, 0.6) is 0 Å². The molecule has 1 aliphatic heterocycles. The molecule has 1 heterocycles. The Morgan fingerprint density at radius 3 is 2.71 bits per heavy atom. The van der Waals surface area contributed by atoms with Crippen LogP contribution in [0.4, 0.5) is 0 Å². The quantitative estimate of drug-likeness (QED) is 0.938. The van der Waals surface area contributed by atoms with Crippen LogP contribution in [-0.2, 0) is 4.79 Å². The van der Waals surface area contributed by atoms with Gasteiger partial charge in [0.25, 0.3) is 0 Å². The van der Waals surface area contributed by atoms with E-state index in [4.69, 9.17) is 0 Å². The maximum Gasteiger partial charge on any atom is 0.237 e. The predicted molar refractivity (Wildman–Crippen MR) is 86.2 cm³/mol. The maximum absolute atomic E-state index is 12.4. The molecular weight excluding hydrogens is 260 g/mol. The maximum atomic E-state index is 12.4. The number of hydrogen-bond donors (Lipinski definition) is 1. The van der Waals surface area contributed by atoms with Crippen molar-refractivity contribution in [2.45, 2.75) is 31.8 Å². The standard InChI is InChI=1S/C18H22N2O/c1-13(19-18(21)17-8-5-11-20(17)2)15-10-9-14-6-3-4-7-16(14)12-15/h3-4,6-7,9-10,12-13,17H,5,8,11H2,1-2H3,(H,19,21)/t13-,17+/m1/s1. The first kappa shape index (κ1) is 14.1. The number of benzene rings is 2. The van der Waals surface area contributed by atoms with Crippen LogP contribution >= 0.6 is 0 Å². The zero-order chi connectivity index (χ0) is 14.8. The normalized spacial score (nSPS) is 20.6. The topological polar surface area (TPSA) is 32.3 Å². The summed E-state index contributed by atoms with van der Waals surface area (Å²) < 4.78 is 0. The number of hydrogen-bond acceptors (Lipinski definition) is 2. The number of nitrogens with one attached hydrogen (secondary N) is 1. The summed E-state index contributed by atoms with van der Waals surface area (Å²) in [5, 5.41) is 5.60. The minimum Gasteiger partial charge on any atom is -0.348 e. The average Bonchev–Trinajstić information content (AvgIpc) is 2.93. The van der Waals surface area contributed by atoms with Crippen LogP contribution in [0, 0.1) is 0 Å². The van der Waals surface area contributed by atoms with Crippen LogP contribution in [0.25, 0.3) is 10.8 Å². The van der Waals surface area contributed by atoms with E-state index in [1.807, 2.05) is 19.2 Å². The van der Waals surface area contributed by atoms with Crippen LogP contribution in [0.15, 0.2) is 42.5 Å². The third-order valence-corrected chi connectivity index (χ3v) is 4.46. The SMILES string of the molecule is C[C@@H](NC(=O)[C@@H]1CCCN1C)c1ccc2ccccc2c1. The van der Waals surface area contributed by atoms with E-state index in [0.717, 1.165) is 24.9 Å². The molecule has 1 N–H and O–H groups in total. The highest BCUT2D eigenvalue weighted by molar-refractivity contribution is 5.84. The second-order valence-electron chi connectivity index (χ2n) is 5.98. The molecular formula is C18H22N2O. The van der Waals surface area contributed by atoms with Gasteiger partial charge < -0.3 is 5.32 Å². The summed E-state index contributed by atoms with van der Waals surface area (Å²) >= 11 is 0. The van der Waals surface area contributed by atoms with Crippen molar-refractivity contribution in [1.29, 1.82) is 0 Å². The number of fused-ring (bicyclic) bond motifs is 1. The average molecular weight is 282 g/mol. The number of rotatable bonds is 3. The van der Waals surface area contributed by atoms with Gasteiger partial charge in [0.15, 0.2) is 0 Å². The van der Waals surface area contributed by atoms with Crippen molar-refractivity contribution in [1.82, 2.24) is 10.2 Å². The Bertz CT molecular complexity index is 652. The van der Waals surface area contributed by atoms with E-state index >= 15 is 0 Å². The van der Waals surface area contributed by atoms with E-state index in [-0.39, 0.29) is 18.0 Å². The molecule has 3 nitrogen and oxygen atoms in total. The van der Waals surface area contributed by atoms with Gasteiger partial charge in [0.05, 0.1) is 12.1 Å². The largest absolute Gasteiger partial charge is 0.348 e. The number of nitrogens with zero attached hydrogens (tertiary/aromatic N) is 1. The van der Waals surface area contributed by atoms with Crippen LogP contribution in [0.2, 0.25) is 0 Å². The highest BCUT2D eigenvalue weighted by Gasteiger charge is 2.28. The van der Waals surface area contributed by atoms with Crippen LogP contribution in [0.3, 0.4) is 0 Å². The van der Waals surface area contributed by atoms with Gasteiger partial charge in [0.2, 0.25) is 5.91 Å². The van der Waals surface area contributed by atoms with E-state index in [9.17, 15) is 4.79 Å². The molecule has 3 rings (SSSR count). The summed E-state index contributed by atoms with van der Waals surface area (Å²) in [5.41, 5.74) is 1.16. The number of carbonyl (C=O) groups is 1. The fourth-order valence-electron chi connectivity index (χ4n) is 3.11. The predicted octanol–water partition coefficient (Wildman–Crippen LogP) is 3.11. The second kappa shape index (κ2) is 5.86. The molecule has 2 aromatic carbocycles. The van der Waals surface area contributed by atoms with E-state index < -0.39 is 0 Å². The fraction of sp³-hybridized carbons (Fsp3) is 0.389. The monoisotopic (exact) mass is 282 g/mol. The molecule has 110 valence electrons. The summed E-state index contributed by atoms with van der Waals surface area (Å²) in [7, 11) is 2.03. The third-order valence-electron chi connectivity index (χ3n) is 4.46. The first-order chi connectivity index (χ1) is 10.1. The highest BCUT2D eigenvalue weighted by atomic mass is 16.2. The zero-order valence-electron chi connectivity index (χ0n) is 12.7. The first-order valence-electron chi connectivity index (χ1n) is 7.64. The molecule has 0 spiro atoms. The smallest absolute Gasteiger partial charge is 0.237 e. The van der Waals surface area contributed by atoms with Gasteiger partial charge in [-0.05, 0) is 55.8 Å². The van der Waals surface area contributed by atoms with Gasteiger partial charge in [-0.1, -0.05) is 36.4 Å². The fourth-order valence-corrected chi connectivity index (χ4v) is 3.11. The Morgan fingerprint density at radius 2 is 2.00 bits per heavy atom. The lowest BCUT2D eigenvalue weighted by molar-refractivity contribution is -0.125. The molecule has 0 saturated carbocycles. The molecule has 0 aromatic heterocycles. The molecule has 1 aliphatic rings. The first-order valence-corrected chi connectivity index (χ1v) is 7.64. The molecule has 0 bridgehead atoms. The summed E-state index contributed by atoms with van der Waals surface area (Å²) in [6.45, 7) is 3.07. The van der Waals surface area contributed by atoms with Gasteiger partial charge in [0, 0.05) is 0 Å². The molecule has 21 heavy (non-hydrogen) atoms. The molecule has 0 unspecified atom stereocenters. The number of amides is 1. The summed E-state index contributed by atoms with van der Waals surface area (Å²) in [6.07, 6.45) is 2.08. The van der Waals surface area contributed by atoms with Crippen LogP contribution in [0.1, 0.15) is 31.4 Å². The Labute approximate surface area is 125 Å². The van der Waals surface area contributed by atoms with Gasteiger partial charge in [-0.3, -0.25) is 9.69 Å². The summed E-state index contributed by atoms with van der Waals surface area (Å²) in [6, 6.07) is 14.8. The van der Waals surface area contributed by atoms with Gasteiger partial charge in [-0.15, -0.1) is 0 Å². The van der Waals surface area contributed by atoms with Crippen molar-refractivity contribution in [2.75, 3.05) is 13.6 Å². The lowest BCUT2D eigenvalue weighted by atomic mass is 10.0.